The summed E-state index contributed by atoms with van der Waals surface area (Å²) < 4.78 is 38.5. The van der Waals surface area contributed by atoms with Crippen molar-refractivity contribution in [2.45, 2.75) is 25.9 Å². The van der Waals surface area contributed by atoms with Crippen LogP contribution in [0.4, 0.5) is 13.2 Å². The van der Waals surface area contributed by atoms with Crippen LogP contribution in [0.3, 0.4) is 0 Å². The lowest BCUT2D eigenvalue weighted by molar-refractivity contribution is -0.137. The molecule has 0 radical (unpaired) electrons. The lowest BCUT2D eigenvalue weighted by Crippen LogP contribution is -2.18. The van der Waals surface area contributed by atoms with Crippen molar-refractivity contribution in [3.05, 3.63) is 35.0 Å². The molecule has 7 heteroatoms. The molecule has 3 rings (SSSR count). The Labute approximate surface area is 132 Å². The maximum absolute atomic E-state index is 12.8. The zero-order chi connectivity index (χ0) is 15.0. The predicted molar refractivity (Wildman–Crippen MR) is 83.9 cm³/mol. The summed E-state index contributed by atoms with van der Waals surface area (Å²) in [5.74, 6) is 0.940. The first kappa shape index (κ1) is 16.7. The average Bonchev–Trinajstić information content (AvgIpc) is 3.01. The summed E-state index contributed by atoms with van der Waals surface area (Å²) >= 11 is 0. The maximum atomic E-state index is 12.8. The molecule has 0 atom stereocenters. The van der Waals surface area contributed by atoms with Crippen LogP contribution in [-0.4, -0.2) is 23.9 Å². The van der Waals surface area contributed by atoms with Gasteiger partial charge in [-0.2, -0.15) is 13.2 Å². The molecule has 0 amide bonds. The minimum Gasteiger partial charge on any atom is -0.372 e. The van der Waals surface area contributed by atoms with Crippen LogP contribution >= 0.6 is 12.4 Å². The minimum atomic E-state index is -4.31. The highest BCUT2D eigenvalue weighted by atomic mass is 35.5. The van der Waals surface area contributed by atoms with E-state index >= 15 is 0 Å². The molecule has 1 aliphatic heterocycles. The summed E-state index contributed by atoms with van der Waals surface area (Å²) in [5.41, 5.74) is 2.00. The fourth-order valence-corrected chi connectivity index (χ4v) is 2.74. The van der Waals surface area contributed by atoms with E-state index in [1.165, 1.54) is 12.1 Å². The molecule has 120 valence electrons. The van der Waals surface area contributed by atoms with Gasteiger partial charge in [0.1, 0.15) is 0 Å². The number of alkyl halides is 3. The molecule has 0 unspecified atom stereocenters. The highest BCUT2D eigenvalue weighted by Crippen LogP contribution is 2.33. The van der Waals surface area contributed by atoms with E-state index in [4.69, 9.17) is 0 Å². The van der Waals surface area contributed by atoms with Crippen LogP contribution in [0, 0.1) is 6.92 Å². The van der Waals surface area contributed by atoms with Crippen LogP contribution in [0.1, 0.15) is 23.2 Å². The summed E-state index contributed by atoms with van der Waals surface area (Å²) in [6.45, 7) is 3.52. The molecule has 0 saturated heterocycles. The number of aromatic amines is 1. The number of hydrogen-bond acceptors (Lipinski definition) is 2. The zero-order valence-electron chi connectivity index (χ0n) is 12.0. The highest BCUT2D eigenvalue weighted by Gasteiger charge is 2.30. The second kappa shape index (κ2) is 6.20. The monoisotopic (exact) mass is 331 g/mol. The van der Waals surface area contributed by atoms with E-state index in [2.05, 4.69) is 15.3 Å². The number of nitrogens with one attached hydrogen (secondary N) is 2. The molecule has 2 heterocycles. The van der Waals surface area contributed by atoms with Crippen molar-refractivity contribution in [3.63, 3.8) is 0 Å². The van der Waals surface area contributed by atoms with E-state index in [0.29, 0.717) is 11.8 Å². The SMILES string of the molecule is Cc1[nH]c2ccc(C(F)(F)F)cc2c1CCC1=NCCN1.Cl. The number of benzene rings is 1. The standard InChI is InChI=1S/C15H16F3N3.ClH/c1-9-11(3-5-14-19-6-7-20-14)12-8-10(15(16,17)18)2-4-13(12)21-9;/h2,4,8,21H,3,5-7H2,1H3,(H,19,20);1H. The number of amidine groups is 1. The summed E-state index contributed by atoms with van der Waals surface area (Å²) in [5, 5.41) is 3.84. The van der Waals surface area contributed by atoms with E-state index in [1.807, 2.05) is 6.92 Å². The molecule has 1 aromatic heterocycles. The van der Waals surface area contributed by atoms with Gasteiger partial charge in [-0.15, -0.1) is 12.4 Å². The third kappa shape index (κ3) is 3.21. The molecule has 0 spiro atoms. The van der Waals surface area contributed by atoms with Crippen LogP contribution < -0.4 is 5.32 Å². The Morgan fingerprint density at radius 1 is 1.23 bits per heavy atom. The minimum absolute atomic E-state index is 0. The van der Waals surface area contributed by atoms with E-state index in [-0.39, 0.29) is 12.4 Å². The van der Waals surface area contributed by atoms with Crippen LogP contribution in [-0.2, 0) is 12.6 Å². The first-order valence-corrected chi connectivity index (χ1v) is 6.91. The van der Waals surface area contributed by atoms with E-state index < -0.39 is 11.7 Å². The number of hydrogen-bond donors (Lipinski definition) is 2. The fraction of sp³-hybridized carbons (Fsp3) is 0.400. The van der Waals surface area contributed by atoms with Gasteiger partial charge in [-0.25, -0.2) is 0 Å². The van der Waals surface area contributed by atoms with Crippen LogP contribution in [0.25, 0.3) is 10.9 Å². The topological polar surface area (TPSA) is 40.2 Å². The Morgan fingerprint density at radius 2 is 2.00 bits per heavy atom. The quantitative estimate of drug-likeness (QED) is 0.881. The number of aromatic nitrogens is 1. The summed E-state index contributed by atoms with van der Waals surface area (Å²) in [6, 6.07) is 3.85. The van der Waals surface area contributed by atoms with Gasteiger partial charge in [0.15, 0.2) is 0 Å². The van der Waals surface area contributed by atoms with Gasteiger partial charge < -0.3 is 10.3 Å². The number of fused-ring (bicyclic) bond motifs is 1. The normalized spacial score (nSPS) is 14.6. The van der Waals surface area contributed by atoms with Gasteiger partial charge in [-0.3, -0.25) is 4.99 Å². The Kier molecular flexibility index (Phi) is 4.70. The van der Waals surface area contributed by atoms with Gasteiger partial charge in [0.25, 0.3) is 0 Å². The van der Waals surface area contributed by atoms with Crippen molar-refractivity contribution in [2.75, 3.05) is 13.1 Å². The average molecular weight is 332 g/mol. The van der Waals surface area contributed by atoms with Crippen molar-refractivity contribution in [2.24, 2.45) is 4.99 Å². The van der Waals surface area contributed by atoms with Crippen molar-refractivity contribution in [3.8, 4) is 0 Å². The third-order valence-corrected chi connectivity index (χ3v) is 3.80. The molecule has 0 aliphatic carbocycles. The van der Waals surface area contributed by atoms with Gasteiger partial charge in [0, 0.05) is 29.6 Å². The molecule has 0 bridgehead atoms. The maximum Gasteiger partial charge on any atom is 0.416 e. The first-order valence-electron chi connectivity index (χ1n) is 6.91. The number of H-pyrrole nitrogens is 1. The van der Waals surface area contributed by atoms with Crippen molar-refractivity contribution in [1.29, 1.82) is 0 Å². The number of aryl methyl sites for hydroxylation is 2. The second-order valence-electron chi connectivity index (χ2n) is 5.24. The van der Waals surface area contributed by atoms with Crippen LogP contribution in [0.2, 0.25) is 0 Å². The lowest BCUT2D eigenvalue weighted by Gasteiger charge is -2.07. The Bertz CT molecular complexity index is 704. The number of rotatable bonds is 3. The molecular weight excluding hydrogens is 315 g/mol. The molecule has 2 aromatic rings. The van der Waals surface area contributed by atoms with Crippen LogP contribution in [0.5, 0.6) is 0 Å². The fourth-order valence-electron chi connectivity index (χ4n) is 2.74. The number of aliphatic imine (C=N–C) groups is 1. The van der Waals surface area contributed by atoms with Crippen molar-refractivity contribution in [1.82, 2.24) is 10.3 Å². The Morgan fingerprint density at radius 3 is 2.64 bits per heavy atom. The predicted octanol–water partition coefficient (Wildman–Crippen LogP) is 3.85. The van der Waals surface area contributed by atoms with Gasteiger partial charge in [-0.05, 0) is 37.1 Å². The van der Waals surface area contributed by atoms with E-state index in [1.54, 1.807) is 0 Å². The van der Waals surface area contributed by atoms with Crippen molar-refractivity contribution >= 4 is 29.1 Å². The number of halogens is 4. The van der Waals surface area contributed by atoms with Crippen molar-refractivity contribution < 1.29 is 13.2 Å². The molecule has 0 fully saturated rings. The van der Waals surface area contributed by atoms with E-state index in [0.717, 1.165) is 48.2 Å². The first-order chi connectivity index (χ1) is 9.95. The summed E-state index contributed by atoms with van der Waals surface area (Å²) in [4.78, 5) is 7.47. The van der Waals surface area contributed by atoms with Gasteiger partial charge in [-0.1, -0.05) is 0 Å². The van der Waals surface area contributed by atoms with E-state index in [9.17, 15) is 13.2 Å². The smallest absolute Gasteiger partial charge is 0.372 e. The molecule has 2 N–H and O–H groups in total. The third-order valence-electron chi connectivity index (χ3n) is 3.80. The van der Waals surface area contributed by atoms with Gasteiger partial charge in [0.05, 0.1) is 17.9 Å². The summed E-state index contributed by atoms with van der Waals surface area (Å²) in [6.07, 6.45) is -2.91. The van der Waals surface area contributed by atoms with Gasteiger partial charge in [0.2, 0.25) is 0 Å². The van der Waals surface area contributed by atoms with Crippen LogP contribution in [0.15, 0.2) is 23.2 Å². The molecule has 1 aliphatic rings. The zero-order valence-corrected chi connectivity index (χ0v) is 12.9. The molecule has 1 aromatic carbocycles. The second-order valence-corrected chi connectivity index (χ2v) is 5.24. The molecule has 22 heavy (non-hydrogen) atoms. The number of nitrogens with zero attached hydrogens (tertiary/aromatic N) is 1. The highest BCUT2D eigenvalue weighted by molar-refractivity contribution is 5.87. The molecular formula is C15H17ClF3N3. The largest absolute Gasteiger partial charge is 0.416 e. The lowest BCUT2D eigenvalue weighted by atomic mass is 10.0. The molecule has 3 nitrogen and oxygen atoms in total. The Balaban J connectivity index is 0.00000176. The Hall–Kier alpha value is -1.69. The van der Waals surface area contributed by atoms with Gasteiger partial charge >= 0.3 is 6.18 Å². The molecule has 0 saturated carbocycles. The summed E-state index contributed by atoms with van der Waals surface area (Å²) in [7, 11) is 0.